The highest BCUT2D eigenvalue weighted by molar-refractivity contribution is 5.35. The molecule has 0 atom stereocenters. The number of aliphatic hydroxyl groups excluding tert-OH is 1. The van der Waals surface area contributed by atoms with E-state index in [0.717, 1.165) is 30.3 Å². The summed E-state index contributed by atoms with van der Waals surface area (Å²) < 4.78 is 0. The van der Waals surface area contributed by atoms with Gasteiger partial charge in [-0.15, -0.1) is 0 Å². The molecule has 19 heavy (non-hydrogen) atoms. The van der Waals surface area contributed by atoms with Gasteiger partial charge >= 0.3 is 0 Å². The Morgan fingerprint density at radius 3 is 2.68 bits per heavy atom. The number of nitrogens with one attached hydrogen (secondary N) is 1. The fourth-order valence-corrected chi connectivity index (χ4v) is 1.87. The molecule has 108 valence electrons. The number of aromatic nitrogens is 2. The summed E-state index contributed by atoms with van der Waals surface area (Å²) in [4.78, 5) is 11.2. The van der Waals surface area contributed by atoms with Crippen molar-refractivity contribution in [3.8, 4) is 0 Å². The Bertz CT molecular complexity index is 382. The summed E-state index contributed by atoms with van der Waals surface area (Å²) in [6, 6.07) is 2.33. The average Bonchev–Trinajstić information content (AvgIpc) is 2.35. The zero-order chi connectivity index (χ0) is 14.3. The molecule has 1 heterocycles. The van der Waals surface area contributed by atoms with Gasteiger partial charge < -0.3 is 10.4 Å². The van der Waals surface area contributed by atoms with Gasteiger partial charge in [0.1, 0.15) is 11.6 Å². The van der Waals surface area contributed by atoms with E-state index in [1.807, 2.05) is 13.0 Å². The van der Waals surface area contributed by atoms with Crippen molar-refractivity contribution in [2.24, 2.45) is 0 Å². The van der Waals surface area contributed by atoms with Crippen LogP contribution in [0.15, 0.2) is 6.07 Å². The van der Waals surface area contributed by atoms with Crippen molar-refractivity contribution < 1.29 is 5.11 Å². The number of nitrogens with zero attached hydrogens (tertiary/aromatic N) is 3. The molecule has 1 aromatic heterocycles. The third kappa shape index (κ3) is 5.53. The van der Waals surface area contributed by atoms with Gasteiger partial charge in [0.2, 0.25) is 0 Å². The van der Waals surface area contributed by atoms with E-state index in [1.54, 1.807) is 0 Å². The smallest absolute Gasteiger partial charge is 0.144 e. The van der Waals surface area contributed by atoms with E-state index < -0.39 is 0 Å². The Morgan fingerprint density at radius 2 is 2.11 bits per heavy atom. The summed E-state index contributed by atoms with van der Waals surface area (Å²) in [5.41, 5.74) is 0.969. The van der Waals surface area contributed by atoms with Crippen LogP contribution in [0.5, 0.6) is 0 Å². The van der Waals surface area contributed by atoms with Gasteiger partial charge in [-0.1, -0.05) is 6.92 Å². The van der Waals surface area contributed by atoms with Gasteiger partial charge in [-0.05, 0) is 27.2 Å². The van der Waals surface area contributed by atoms with Crippen LogP contribution in [0.4, 0.5) is 5.82 Å². The average molecular weight is 266 g/mol. The molecule has 0 aromatic carbocycles. The molecule has 1 rings (SSSR count). The molecule has 0 saturated heterocycles. The number of aliphatic hydroxyl groups is 1. The van der Waals surface area contributed by atoms with Crippen molar-refractivity contribution in [1.29, 1.82) is 0 Å². The van der Waals surface area contributed by atoms with Crippen molar-refractivity contribution >= 4 is 5.82 Å². The maximum Gasteiger partial charge on any atom is 0.144 e. The van der Waals surface area contributed by atoms with Gasteiger partial charge in [0.25, 0.3) is 0 Å². The van der Waals surface area contributed by atoms with E-state index in [0.29, 0.717) is 19.1 Å². The van der Waals surface area contributed by atoms with Gasteiger partial charge in [0, 0.05) is 30.9 Å². The van der Waals surface area contributed by atoms with Gasteiger partial charge in [-0.25, -0.2) is 9.97 Å². The molecule has 5 nitrogen and oxygen atoms in total. The second-order valence-electron chi connectivity index (χ2n) is 5.03. The van der Waals surface area contributed by atoms with Crippen LogP contribution in [0, 0.1) is 6.92 Å². The van der Waals surface area contributed by atoms with E-state index in [4.69, 9.17) is 5.11 Å². The van der Waals surface area contributed by atoms with E-state index in [-0.39, 0.29) is 6.61 Å². The zero-order valence-corrected chi connectivity index (χ0v) is 12.5. The van der Waals surface area contributed by atoms with Gasteiger partial charge in [-0.2, -0.15) is 0 Å². The lowest BCUT2D eigenvalue weighted by Crippen LogP contribution is -2.33. The quantitative estimate of drug-likeness (QED) is 0.751. The minimum Gasteiger partial charge on any atom is -0.395 e. The third-order valence-corrected chi connectivity index (χ3v) is 2.92. The van der Waals surface area contributed by atoms with Gasteiger partial charge in [-0.3, -0.25) is 4.90 Å². The topological polar surface area (TPSA) is 61.3 Å². The first kappa shape index (κ1) is 15.9. The monoisotopic (exact) mass is 266 g/mol. The van der Waals surface area contributed by atoms with Crippen LogP contribution in [-0.2, 0) is 6.54 Å². The molecule has 2 N–H and O–H groups in total. The largest absolute Gasteiger partial charge is 0.395 e. The van der Waals surface area contributed by atoms with E-state index in [1.165, 1.54) is 0 Å². The van der Waals surface area contributed by atoms with E-state index in [9.17, 15) is 0 Å². The van der Waals surface area contributed by atoms with Crippen LogP contribution in [0.25, 0.3) is 0 Å². The summed E-state index contributed by atoms with van der Waals surface area (Å²) in [5, 5.41) is 12.4. The molecule has 0 aliphatic heterocycles. The van der Waals surface area contributed by atoms with Crippen LogP contribution >= 0.6 is 0 Å². The standard InChI is InChI=1S/C14H26N4O/c1-5-6-15-13-9-12(4)16-14(17-13)10-18(7-8-19)11(2)3/h9,11,19H,5-8,10H2,1-4H3,(H,15,16,17). The minimum absolute atomic E-state index is 0.158. The first-order valence-electron chi connectivity index (χ1n) is 7.00. The van der Waals surface area contributed by atoms with Crippen molar-refractivity contribution in [3.05, 3.63) is 17.6 Å². The van der Waals surface area contributed by atoms with Crippen molar-refractivity contribution in [2.45, 2.75) is 46.7 Å². The third-order valence-electron chi connectivity index (χ3n) is 2.92. The fraction of sp³-hybridized carbons (Fsp3) is 0.714. The molecule has 5 heteroatoms. The van der Waals surface area contributed by atoms with Crippen LogP contribution < -0.4 is 5.32 Å². The molecule has 0 spiro atoms. The molecular weight excluding hydrogens is 240 g/mol. The Hall–Kier alpha value is -1.20. The number of hydrogen-bond acceptors (Lipinski definition) is 5. The molecule has 0 aliphatic carbocycles. The van der Waals surface area contributed by atoms with Gasteiger partial charge in [0.15, 0.2) is 0 Å². The first-order chi connectivity index (χ1) is 9.06. The maximum atomic E-state index is 9.09. The normalized spacial score (nSPS) is 11.3. The number of anilines is 1. The Morgan fingerprint density at radius 1 is 1.37 bits per heavy atom. The molecule has 0 amide bonds. The molecule has 0 radical (unpaired) electrons. The Labute approximate surface area is 116 Å². The SMILES string of the molecule is CCCNc1cc(C)nc(CN(CCO)C(C)C)n1. The minimum atomic E-state index is 0.158. The highest BCUT2D eigenvalue weighted by Gasteiger charge is 2.12. The molecule has 0 unspecified atom stereocenters. The van der Waals surface area contributed by atoms with E-state index >= 15 is 0 Å². The van der Waals surface area contributed by atoms with Crippen LogP contribution in [0.3, 0.4) is 0 Å². The van der Waals surface area contributed by atoms with Gasteiger partial charge in [0.05, 0.1) is 13.2 Å². The molecule has 1 aromatic rings. The summed E-state index contributed by atoms with van der Waals surface area (Å²) in [7, 11) is 0. The zero-order valence-electron chi connectivity index (χ0n) is 12.5. The number of hydrogen-bond donors (Lipinski definition) is 2. The molecule has 0 aliphatic rings. The number of aryl methyl sites for hydroxylation is 1. The summed E-state index contributed by atoms with van der Waals surface area (Å²) in [6.45, 7) is 10.7. The summed E-state index contributed by atoms with van der Waals surface area (Å²) >= 11 is 0. The Balaban J connectivity index is 2.78. The Kier molecular flexibility index (Phi) is 6.73. The molecule has 0 saturated carbocycles. The lowest BCUT2D eigenvalue weighted by molar-refractivity contribution is 0.156. The number of rotatable bonds is 8. The highest BCUT2D eigenvalue weighted by Crippen LogP contribution is 2.10. The second-order valence-corrected chi connectivity index (χ2v) is 5.03. The predicted molar refractivity (Wildman–Crippen MR) is 78.2 cm³/mol. The predicted octanol–water partition coefficient (Wildman–Crippen LogP) is 1.81. The van der Waals surface area contributed by atoms with Crippen LogP contribution in [-0.4, -0.2) is 45.7 Å². The lowest BCUT2D eigenvalue weighted by Gasteiger charge is -2.24. The van der Waals surface area contributed by atoms with E-state index in [2.05, 4.69) is 41.0 Å². The van der Waals surface area contributed by atoms with Crippen LogP contribution in [0.2, 0.25) is 0 Å². The van der Waals surface area contributed by atoms with Crippen molar-refractivity contribution in [2.75, 3.05) is 25.0 Å². The molecular formula is C14H26N4O. The van der Waals surface area contributed by atoms with Crippen LogP contribution in [0.1, 0.15) is 38.7 Å². The lowest BCUT2D eigenvalue weighted by atomic mass is 10.3. The molecule has 0 bridgehead atoms. The second kappa shape index (κ2) is 8.07. The summed E-state index contributed by atoms with van der Waals surface area (Å²) in [5.74, 6) is 1.69. The molecule has 0 fully saturated rings. The van der Waals surface area contributed by atoms with Crippen molar-refractivity contribution in [3.63, 3.8) is 0 Å². The van der Waals surface area contributed by atoms with Crippen molar-refractivity contribution in [1.82, 2.24) is 14.9 Å². The summed E-state index contributed by atoms with van der Waals surface area (Å²) in [6.07, 6.45) is 1.07. The first-order valence-corrected chi connectivity index (χ1v) is 7.00. The fourth-order valence-electron chi connectivity index (χ4n) is 1.87. The highest BCUT2D eigenvalue weighted by atomic mass is 16.3. The maximum absolute atomic E-state index is 9.09.